The Balaban J connectivity index is 2.42. The number of aliphatic imine (C=N–C) groups is 1. The van der Waals surface area contributed by atoms with Gasteiger partial charge < -0.3 is 9.64 Å². The SMILES string of the molecule is CCOCCCN=C(NN)N(C)Cc1ccc(Cl)s1. The molecule has 108 valence electrons. The molecule has 5 nitrogen and oxygen atoms in total. The number of nitrogens with zero attached hydrogens (tertiary/aromatic N) is 2. The number of ether oxygens (including phenoxy) is 1. The number of nitrogens with two attached hydrogens (primary N) is 1. The first-order valence-electron chi connectivity index (χ1n) is 6.21. The zero-order chi connectivity index (χ0) is 14.1. The Hall–Kier alpha value is -0.820. The van der Waals surface area contributed by atoms with Crippen LogP contribution in [0.5, 0.6) is 0 Å². The molecule has 0 spiro atoms. The predicted octanol–water partition coefficient (Wildman–Crippen LogP) is 2.08. The van der Waals surface area contributed by atoms with Crippen LogP contribution >= 0.6 is 22.9 Å². The van der Waals surface area contributed by atoms with E-state index in [4.69, 9.17) is 22.2 Å². The highest BCUT2D eigenvalue weighted by molar-refractivity contribution is 7.16. The van der Waals surface area contributed by atoms with E-state index in [0.717, 1.165) is 30.5 Å². The quantitative estimate of drug-likeness (QED) is 0.266. The molecule has 0 radical (unpaired) electrons. The molecule has 0 fully saturated rings. The second-order valence-electron chi connectivity index (χ2n) is 3.96. The van der Waals surface area contributed by atoms with E-state index in [-0.39, 0.29) is 0 Å². The van der Waals surface area contributed by atoms with Crippen molar-refractivity contribution in [1.82, 2.24) is 10.3 Å². The molecule has 0 saturated heterocycles. The number of thiophene rings is 1. The third-order valence-electron chi connectivity index (χ3n) is 2.43. The minimum atomic E-state index is 0.668. The monoisotopic (exact) mass is 304 g/mol. The van der Waals surface area contributed by atoms with Crippen molar-refractivity contribution in [1.29, 1.82) is 0 Å². The Morgan fingerprint density at radius 2 is 2.37 bits per heavy atom. The summed E-state index contributed by atoms with van der Waals surface area (Å²) in [6.45, 7) is 4.86. The highest BCUT2D eigenvalue weighted by atomic mass is 35.5. The third-order valence-corrected chi connectivity index (χ3v) is 3.64. The molecule has 19 heavy (non-hydrogen) atoms. The molecule has 1 heterocycles. The molecular formula is C12H21ClN4OS. The normalized spacial score (nSPS) is 11.7. The van der Waals surface area contributed by atoms with Gasteiger partial charge in [0.15, 0.2) is 0 Å². The summed E-state index contributed by atoms with van der Waals surface area (Å²) >= 11 is 7.46. The van der Waals surface area contributed by atoms with Gasteiger partial charge >= 0.3 is 0 Å². The maximum atomic E-state index is 5.90. The van der Waals surface area contributed by atoms with Crippen molar-refractivity contribution in [3.05, 3.63) is 21.3 Å². The Kier molecular flexibility index (Phi) is 7.81. The second-order valence-corrected chi connectivity index (χ2v) is 5.76. The lowest BCUT2D eigenvalue weighted by atomic mass is 10.4. The molecule has 7 heteroatoms. The number of hydrogen-bond donors (Lipinski definition) is 2. The van der Waals surface area contributed by atoms with Crippen LogP contribution in [0.15, 0.2) is 17.1 Å². The topological polar surface area (TPSA) is 62.9 Å². The van der Waals surface area contributed by atoms with Crippen LogP contribution in [0.3, 0.4) is 0 Å². The highest BCUT2D eigenvalue weighted by Gasteiger charge is 2.07. The highest BCUT2D eigenvalue weighted by Crippen LogP contribution is 2.22. The van der Waals surface area contributed by atoms with Crippen molar-refractivity contribution >= 4 is 28.9 Å². The summed E-state index contributed by atoms with van der Waals surface area (Å²) < 4.78 is 6.05. The predicted molar refractivity (Wildman–Crippen MR) is 81.5 cm³/mol. The zero-order valence-corrected chi connectivity index (χ0v) is 12.9. The van der Waals surface area contributed by atoms with E-state index in [1.54, 1.807) is 11.3 Å². The first-order valence-corrected chi connectivity index (χ1v) is 7.41. The lowest BCUT2D eigenvalue weighted by molar-refractivity contribution is 0.146. The van der Waals surface area contributed by atoms with Crippen LogP contribution in [-0.4, -0.2) is 37.7 Å². The lowest BCUT2D eigenvalue weighted by Crippen LogP contribution is -2.42. The summed E-state index contributed by atoms with van der Waals surface area (Å²) in [7, 11) is 1.94. The summed E-state index contributed by atoms with van der Waals surface area (Å²) in [5.74, 6) is 6.16. The Labute approximate surface area is 123 Å². The van der Waals surface area contributed by atoms with Gasteiger partial charge in [-0.2, -0.15) is 0 Å². The van der Waals surface area contributed by atoms with Crippen LogP contribution in [0.2, 0.25) is 4.34 Å². The van der Waals surface area contributed by atoms with Gasteiger partial charge in [-0.25, -0.2) is 5.84 Å². The summed E-state index contributed by atoms with van der Waals surface area (Å²) in [6, 6.07) is 3.90. The number of halogens is 1. The molecule has 1 rings (SSSR count). The van der Waals surface area contributed by atoms with Crippen LogP contribution < -0.4 is 11.3 Å². The minimum Gasteiger partial charge on any atom is -0.382 e. The average Bonchev–Trinajstić information content (AvgIpc) is 2.79. The van der Waals surface area contributed by atoms with Crippen molar-refractivity contribution in [2.45, 2.75) is 19.9 Å². The van der Waals surface area contributed by atoms with Gasteiger partial charge in [0.05, 0.1) is 10.9 Å². The Morgan fingerprint density at radius 3 is 2.95 bits per heavy atom. The van der Waals surface area contributed by atoms with E-state index in [9.17, 15) is 0 Å². The minimum absolute atomic E-state index is 0.668. The molecule has 1 aromatic heterocycles. The van der Waals surface area contributed by atoms with E-state index in [0.29, 0.717) is 12.5 Å². The number of rotatable bonds is 7. The molecule has 0 saturated carbocycles. The molecule has 0 aliphatic rings. The van der Waals surface area contributed by atoms with Crippen LogP contribution in [-0.2, 0) is 11.3 Å². The molecule has 3 N–H and O–H groups in total. The fourth-order valence-corrected chi connectivity index (χ4v) is 2.66. The summed E-state index contributed by atoms with van der Waals surface area (Å²) in [5.41, 5.74) is 2.63. The van der Waals surface area contributed by atoms with E-state index in [1.807, 2.05) is 31.0 Å². The Morgan fingerprint density at radius 1 is 1.58 bits per heavy atom. The molecule has 0 aromatic carbocycles. The lowest BCUT2D eigenvalue weighted by Gasteiger charge is -2.19. The van der Waals surface area contributed by atoms with Gasteiger partial charge in [0.2, 0.25) is 5.96 Å². The van der Waals surface area contributed by atoms with Gasteiger partial charge in [-0.3, -0.25) is 10.4 Å². The van der Waals surface area contributed by atoms with Crippen molar-refractivity contribution < 1.29 is 4.74 Å². The third kappa shape index (κ3) is 6.24. The Bertz CT molecular complexity index is 397. The van der Waals surface area contributed by atoms with Gasteiger partial charge in [0.1, 0.15) is 0 Å². The fraction of sp³-hybridized carbons (Fsp3) is 0.583. The molecule has 1 aromatic rings. The molecule has 0 unspecified atom stereocenters. The fourth-order valence-electron chi connectivity index (χ4n) is 1.52. The molecular weight excluding hydrogens is 284 g/mol. The number of hydrogen-bond acceptors (Lipinski definition) is 4. The second kappa shape index (κ2) is 9.14. The maximum Gasteiger partial charge on any atom is 0.208 e. The van der Waals surface area contributed by atoms with Crippen molar-refractivity contribution in [3.63, 3.8) is 0 Å². The smallest absolute Gasteiger partial charge is 0.208 e. The number of guanidine groups is 1. The van der Waals surface area contributed by atoms with Crippen LogP contribution in [0.25, 0.3) is 0 Å². The molecule has 0 atom stereocenters. The number of nitrogens with one attached hydrogen (secondary N) is 1. The van der Waals surface area contributed by atoms with Crippen molar-refractivity contribution in [3.8, 4) is 0 Å². The zero-order valence-electron chi connectivity index (χ0n) is 11.4. The van der Waals surface area contributed by atoms with Gasteiger partial charge in [-0.15, -0.1) is 11.3 Å². The first-order chi connectivity index (χ1) is 9.17. The van der Waals surface area contributed by atoms with Gasteiger partial charge in [0.25, 0.3) is 0 Å². The molecule has 0 bridgehead atoms. The van der Waals surface area contributed by atoms with Crippen molar-refractivity contribution in [2.24, 2.45) is 10.8 Å². The van der Waals surface area contributed by atoms with Crippen molar-refractivity contribution in [2.75, 3.05) is 26.8 Å². The number of hydrazine groups is 1. The maximum absolute atomic E-state index is 5.90. The van der Waals surface area contributed by atoms with E-state index in [1.165, 1.54) is 4.88 Å². The molecule has 0 amide bonds. The standard InChI is InChI=1S/C12H21ClN4OS/c1-3-18-8-4-7-15-12(16-14)17(2)9-10-5-6-11(13)19-10/h5-6H,3-4,7-9,14H2,1-2H3,(H,15,16). The van der Waals surface area contributed by atoms with Crippen LogP contribution in [0.1, 0.15) is 18.2 Å². The largest absolute Gasteiger partial charge is 0.382 e. The van der Waals surface area contributed by atoms with Crippen LogP contribution in [0, 0.1) is 0 Å². The van der Waals surface area contributed by atoms with E-state index in [2.05, 4.69) is 10.4 Å². The molecule has 0 aliphatic carbocycles. The summed E-state index contributed by atoms with van der Waals surface area (Å²) in [4.78, 5) is 7.55. The molecule has 0 aliphatic heterocycles. The van der Waals surface area contributed by atoms with Crippen LogP contribution in [0.4, 0.5) is 0 Å². The average molecular weight is 305 g/mol. The van der Waals surface area contributed by atoms with Gasteiger partial charge in [-0.05, 0) is 25.5 Å². The first kappa shape index (κ1) is 16.2. The van der Waals surface area contributed by atoms with Gasteiger partial charge in [-0.1, -0.05) is 11.6 Å². The van der Waals surface area contributed by atoms with E-state index < -0.39 is 0 Å². The van der Waals surface area contributed by atoms with E-state index >= 15 is 0 Å². The summed E-state index contributed by atoms with van der Waals surface area (Å²) in [5, 5.41) is 0. The van der Waals surface area contributed by atoms with Gasteiger partial charge in [0, 0.05) is 31.7 Å². The summed E-state index contributed by atoms with van der Waals surface area (Å²) in [6.07, 6.45) is 0.887.